The Bertz CT molecular complexity index is 2520. The predicted molar refractivity (Wildman–Crippen MR) is 190 cm³/mol. The van der Waals surface area contributed by atoms with Crippen molar-refractivity contribution in [1.29, 1.82) is 0 Å². The normalized spacial score (nSPS) is 11.6. The van der Waals surface area contributed by atoms with Crippen molar-refractivity contribution < 1.29 is 4.42 Å². The van der Waals surface area contributed by atoms with Crippen LogP contribution in [0.2, 0.25) is 0 Å². The minimum absolute atomic E-state index is 0.896. The molecule has 0 saturated carbocycles. The first-order valence-electron chi connectivity index (χ1n) is 15.4. The maximum Gasteiger partial charge on any atom is 0.143 e. The highest BCUT2D eigenvalue weighted by atomic mass is 16.3. The van der Waals surface area contributed by atoms with Gasteiger partial charge in [0.05, 0.1) is 0 Å². The van der Waals surface area contributed by atoms with Crippen LogP contribution >= 0.6 is 0 Å². The van der Waals surface area contributed by atoms with E-state index in [4.69, 9.17) is 4.42 Å². The zero-order valence-corrected chi connectivity index (χ0v) is 24.6. The molecule has 0 unspecified atom stereocenters. The van der Waals surface area contributed by atoms with Gasteiger partial charge in [-0.3, -0.25) is 0 Å². The summed E-state index contributed by atoms with van der Waals surface area (Å²) in [6.07, 6.45) is 0. The molecule has 0 bridgehead atoms. The fourth-order valence-electron chi connectivity index (χ4n) is 6.85. The van der Waals surface area contributed by atoms with Gasteiger partial charge in [-0.05, 0) is 96.9 Å². The third kappa shape index (κ3) is 4.32. The summed E-state index contributed by atoms with van der Waals surface area (Å²) in [7, 11) is 0. The average Bonchev–Trinajstić information content (AvgIpc) is 3.49. The van der Waals surface area contributed by atoms with E-state index >= 15 is 0 Å². The van der Waals surface area contributed by atoms with Crippen molar-refractivity contribution >= 4 is 43.5 Å². The fourth-order valence-corrected chi connectivity index (χ4v) is 6.85. The first-order valence-corrected chi connectivity index (χ1v) is 15.4. The summed E-state index contributed by atoms with van der Waals surface area (Å²) in [6.45, 7) is 0. The van der Waals surface area contributed by atoms with Crippen LogP contribution in [-0.4, -0.2) is 0 Å². The molecule has 1 aromatic heterocycles. The van der Waals surface area contributed by atoms with Gasteiger partial charge in [0.15, 0.2) is 0 Å². The summed E-state index contributed by atoms with van der Waals surface area (Å²) in [6, 6.07) is 61.0. The van der Waals surface area contributed by atoms with E-state index in [2.05, 4.69) is 170 Å². The van der Waals surface area contributed by atoms with Gasteiger partial charge in [-0.15, -0.1) is 0 Å². The monoisotopic (exact) mass is 572 g/mol. The molecule has 0 aliphatic carbocycles. The summed E-state index contributed by atoms with van der Waals surface area (Å²) in [5, 5.41) is 7.31. The Morgan fingerprint density at radius 1 is 0.289 bits per heavy atom. The Balaban J connectivity index is 1.29. The van der Waals surface area contributed by atoms with Crippen molar-refractivity contribution in [3.05, 3.63) is 170 Å². The van der Waals surface area contributed by atoms with Gasteiger partial charge in [0, 0.05) is 16.3 Å². The molecule has 210 valence electrons. The summed E-state index contributed by atoms with van der Waals surface area (Å²) >= 11 is 0. The van der Waals surface area contributed by atoms with E-state index in [0.717, 1.165) is 33.1 Å². The van der Waals surface area contributed by atoms with Gasteiger partial charge < -0.3 is 4.42 Å². The number of fused-ring (bicyclic) bond motifs is 6. The summed E-state index contributed by atoms with van der Waals surface area (Å²) in [4.78, 5) is 0. The lowest BCUT2D eigenvalue weighted by atomic mass is 9.90. The van der Waals surface area contributed by atoms with Crippen LogP contribution in [0.5, 0.6) is 0 Å². The van der Waals surface area contributed by atoms with Crippen LogP contribution in [0.25, 0.3) is 88.0 Å². The van der Waals surface area contributed by atoms with Gasteiger partial charge in [0.25, 0.3) is 0 Å². The van der Waals surface area contributed by atoms with Crippen molar-refractivity contribution in [2.24, 2.45) is 0 Å². The lowest BCUT2D eigenvalue weighted by Gasteiger charge is -2.13. The molecule has 9 aromatic rings. The van der Waals surface area contributed by atoms with Crippen LogP contribution in [0.1, 0.15) is 0 Å². The molecule has 0 aliphatic heterocycles. The Hall–Kier alpha value is -5.92. The third-order valence-electron chi connectivity index (χ3n) is 9.04. The fraction of sp³-hybridized carbons (Fsp3) is 0. The number of hydrogen-bond donors (Lipinski definition) is 0. The van der Waals surface area contributed by atoms with Crippen LogP contribution < -0.4 is 0 Å². The molecule has 0 fully saturated rings. The third-order valence-corrected chi connectivity index (χ3v) is 9.04. The van der Waals surface area contributed by atoms with E-state index in [9.17, 15) is 0 Å². The van der Waals surface area contributed by atoms with Crippen LogP contribution in [0.3, 0.4) is 0 Å². The SMILES string of the molecule is c1ccc(-c2ccc3oc4c(-c5cccc(-c6cc7ccccc7c7ccccc67)c5)cc(-c5ccccc5)cc4c3c2)cc1. The van der Waals surface area contributed by atoms with Crippen LogP contribution in [0, 0.1) is 0 Å². The van der Waals surface area contributed by atoms with Crippen molar-refractivity contribution in [3.8, 4) is 44.5 Å². The molecule has 0 spiro atoms. The smallest absolute Gasteiger partial charge is 0.143 e. The average molecular weight is 573 g/mol. The maximum atomic E-state index is 6.69. The molecular formula is C44H28O. The van der Waals surface area contributed by atoms with Gasteiger partial charge in [0.2, 0.25) is 0 Å². The Morgan fingerprint density at radius 3 is 1.67 bits per heavy atom. The first kappa shape index (κ1) is 25.6. The van der Waals surface area contributed by atoms with E-state index < -0.39 is 0 Å². The van der Waals surface area contributed by atoms with E-state index in [-0.39, 0.29) is 0 Å². The van der Waals surface area contributed by atoms with E-state index in [1.165, 1.54) is 54.9 Å². The predicted octanol–water partition coefficient (Wildman–Crippen LogP) is 12.6. The highest BCUT2D eigenvalue weighted by Gasteiger charge is 2.17. The second-order valence-corrected chi connectivity index (χ2v) is 11.7. The summed E-state index contributed by atoms with van der Waals surface area (Å²) < 4.78 is 6.69. The van der Waals surface area contributed by atoms with Gasteiger partial charge >= 0.3 is 0 Å². The van der Waals surface area contributed by atoms with Crippen molar-refractivity contribution in [2.45, 2.75) is 0 Å². The van der Waals surface area contributed by atoms with E-state index in [1.54, 1.807) is 0 Å². The number of hydrogen-bond acceptors (Lipinski definition) is 1. The Labute approximate surface area is 261 Å². The van der Waals surface area contributed by atoms with Crippen LogP contribution in [0.15, 0.2) is 174 Å². The second-order valence-electron chi connectivity index (χ2n) is 11.7. The minimum atomic E-state index is 0.896. The minimum Gasteiger partial charge on any atom is -0.455 e. The first-order chi connectivity index (χ1) is 22.3. The van der Waals surface area contributed by atoms with Gasteiger partial charge in [-0.2, -0.15) is 0 Å². The molecule has 0 saturated heterocycles. The van der Waals surface area contributed by atoms with Gasteiger partial charge in [-0.25, -0.2) is 0 Å². The van der Waals surface area contributed by atoms with Gasteiger partial charge in [-0.1, -0.05) is 133 Å². The topological polar surface area (TPSA) is 13.1 Å². The molecule has 0 amide bonds. The molecule has 1 heterocycles. The van der Waals surface area contributed by atoms with Crippen LogP contribution in [0.4, 0.5) is 0 Å². The lowest BCUT2D eigenvalue weighted by molar-refractivity contribution is 0.670. The van der Waals surface area contributed by atoms with Crippen molar-refractivity contribution in [3.63, 3.8) is 0 Å². The van der Waals surface area contributed by atoms with E-state index in [0.29, 0.717) is 0 Å². The number of benzene rings is 8. The quantitative estimate of drug-likeness (QED) is 0.191. The highest BCUT2D eigenvalue weighted by molar-refractivity contribution is 6.15. The number of furan rings is 1. The molecule has 1 nitrogen and oxygen atoms in total. The molecule has 8 aromatic carbocycles. The summed E-state index contributed by atoms with van der Waals surface area (Å²) in [5.74, 6) is 0. The van der Waals surface area contributed by atoms with Crippen molar-refractivity contribution in [1.82, 2.24) is 0 Å². The molecule has 0 radical (unpaired) electrons. The highest BCUT2D eigenvalue weighted by Crippen LogP contribution is 2.42. The molecule has 0 atom stereocenters. The zero-order chi connectivity index (χ0) is 29.7. The standard InChI is InChI=1S/C44H28O/c1-3-12-29(13-4-1)31-22-23-43-41(25-31)42-28-35(30-14-5-2-6-15-30)27-40(44(42)45-43)33-18-11-17-32(24-33)39-26-34-16-7-8-19-36(34)37-20-9-10-21-38(37)39/h1-28H. The Morgan fingerprint density at radius 2 is 0.889 bits per heavy atom. The largest absolute Gasteiger partial charge is 0.455 e. The maximum absolute atomic E-state index is 6.69. The molecule has 0 aliphatic rings. The number of rotatable bonds is 4. The molecular weight excluding hydrogens is 544 g/mol. The molecule has 9 rings (SSSR count). The van der Waals surface area contributed by atoms with E-state index in [1.807, 2.05) is 0 Å². The van der Waals surface area contributed by atoms with Crippen LogP contribution in [-0.2, 0) is 0 Å². The van der Waals surface area contributed by atoms with Crippen molar-refractivity contribution in [2.75, 3.05) is 0 Å². The molecule has 0 N–H and O–H groups in total. The zero-order valence-electron chi connectivity index (χ0n) is 24.6. The lowest BCUT2D eigenvalue weighted by Crippen LogP contribution is -1.87. The van der Waals surface area contributed by atoms with Gasteiger partial charge in [0.1, 0.15) is 11.2 Å². The second kappa shape index (κ2) is 10.4. The Kier molecular flexibility index (Phi) is 5.89. The molecule has 45 heavy (non-hydrogen) atoms. The summed E-state index contributed by atoms with van der Waals surface area (Å²) in [5.41, 5.74) is 11.2. The molecule has 1 heteroatoms.